The summed E-state index contributed by atoms with van der Waals surface area (Å²) in [5.74, 6) is -0.565. The Balaban J connectivity index is 1.91. The fraction of sp³-hybridized carbons (Fsp3) is 0.125. The zero-order chi connectivity index (χ0) is 17.8. The van der Waals surface area contributed by atoms with Gasteiger partial charge in [-0.15, -0.1) is 0 Å². The van der Waals surface area contributed by atoms with E-state index >= 15 is 0 Å². The summed E-state index contributed by atoms with van der Waals surface area (Å²) in [4.78, 5) is 12.1. The third kappa shape index (κ3) is 2.49. The summed E-state index contributed by atoms with van der Waals surface area (Å²) < 4.78 is 24.3. The molecule has 1 aliphatic heterocycles. The highest BCUT2D eigenvalue weighted by molar-refractivity contribution is 7.86. The molecule has 0 unspecified atom stereocenters. The van der Waals surface area contributed by atoms with Crippen molar-refractivity contribution in [1.29, 1.82) is 0 Å². The van der Waals surface area contributed by atoms with E-state index in [0.717, 1.165) is 15.1 Å². The highest BCUT2D eigenvalue weighted by Gasteiger charge is 2.32. The Labute approximate surface area is 143 Å². The van der Waals surface area contributed by atoms with Crippen molar-refractivity contribution in [3.63, 3.8) is 0 Å². The number of rotatable bonds is 3. The van der Waals surface area contributed by atoms with Gasteiger partial charge in [-0.25, -0.2) is 5.14 Å². The molecule has 0 radical (unpaired) electrons. The SMILES string of the molecule is NC(=O)c1c(-c2n[nH]c3c2CN(S(N)(=O)=O)C3)ccc2ccccc12. The molecule has 0 atom stereocenters. The molecule has 5 N–H and O–H groups in total. The summed E-state index contributed by atoms with van der Waals surface area (Å²) >= 11 is 0. The lowest BCUT2D eigenvalue weighted by Crippen LogP contribution is -2.32. The first-order chi connectivity index (χ1) is 11.9. The van der Waals surface area contributed by atoms with Gasteiger partial charge in [-0.05, 0) is 10.8 Å². The maximum atomic E-state index is 12.1. The number of H-pyrrole nitrogens is 1. The molecule has 9 heteroatoms. The lowest BCUT2D eigenvalue weighted by molar-refractivity contribution is 0.100. The van der Waals surface area contributed by atoms with Crippen molar-refractivity contribution in [2.24, 2.45) is 10.9 Å². The number of nitrogens with one attached hydrogen (secondary N) is 1. The van der Waals surface area contributed by atoms with E-state index in [2.05, 4.69) is 10.2 Å². The van der Waals surface area contributed by atoms with Crippen LogP contribution in [0, 0.1) is 0 Å². The van der Waals surface area contributed by atoms with E-state index < -0.39 is 16.1 Å². The van der Waals surface area contributed by atoms with Crippen LogP contribution in [0.4, 0.5) is 0 Å². The fourth-order valence-corrected chi connectivity index (χ4v) is 3.87. The molecule has 0 bridgehead atoms. The van der Waals surface area contributed by atoms with E-state index in [-0.39, 0.29) is 13.1 Å². The van der Waals surface area contributed by atoms with Crippen molar-refractivity contribution >= 4 is 26.9 Å². The third-order valence-corrected chi connectivity index (χ3v) is 5.39. The lowest BCUT2D eigenvalue weighted by Gasteiger charge is -2.12. The molecule has 4 rings (SSSR count). The van der Waals surface area contributed by atoms with E-state index in [1.807, 2.05) is 30.3 Å². The third-order valence-electron chi connectivity index (χ3n) is 4.41. The van der Waals surface area contributed by atoms with Crippen molar-refractivity contribution in [1.82, 2.24) is 14.5 Å². The van der Waals surface area contributed by atoms with Gasteiger partial charge in [0.1, 0.15) is 0 Å². The fourth-order valence-electron chi connectivity index (χ4n) is 3.25. The van der Waals surface area contributed by atoms with Crippen LogP contribution in [-0.4, -0.2) is 28.8 Å². The number of aromatic nitrogens is 2. The van der Waals surface area contributed by atoms with Crippen LogP contribution in [0.25, 0.3) is 22.0 Å². The normalized spacial score (nSPS) is 14.8. The van der Waals surface area contributed by atoms with Gasteiger partial charge in [0.25, 0.3) is 10.2 Å². The summed E-state index contributed by atoms with van der Waals surface area (Å²) in [5, 5.41) is 13.9. The van der Waals surface area contributed by atoms with Gasteiger partial charge in [0, 0.05) is 17.7 Å². The first-order valence-electron chi connectivity index (χ1n) is 7.52. The molecular formula is C16H15N5O3S. The first-order valence-corrected chi connectivity index (χ1v) is 9.02. The van der Waals surface area contributed by atoms with Gasteiger partial charge < -0.3 is 5.73 Å². The Morgan fingerprint density at radius 1 is 1.16 bits per heavy atom. The quantitative estimate of drug-likeness (QED) is 0.640. The van der Waals surface area contributed by atoms with Crippen LogP contribution < -0.4 is 10.9 Å². The zero-order valence-electron chi connectivity index (χ0n) is 13.1. The van der Waals surface area contributed by atoms with Crippen molar-refractivity contribution in [2.75, 3.05) is 0 Å². The van der Waals surface area contributed by atoms with Crippen LogP contribution in [-0.2, 0) is 23.3 Å². The van der Waals surface area contributed by atoms with Crippen LogP contribution >= 0.6 is 0 Å². The molecule has 0 saturated heterocycles. The van der Waals surface area contributed by atoms with E-state index in [9.17, 15) is 13.2 Å². The van der Waals surface area contributed by atoms with Gasteiger partial charge in [0.15, 0.2) is 0 Å². The van der Waals surface area contributed by atoms with Crippen molar-refractivity contribution in [3.8, 4) is 11.3 Å². The molecule has 2 heterocycles. The molecule has 0 saturated carbocycles. The monoisotopic (exact) mass is 357 g/mol. The zero-order valence-corrected chi connectivity index (χ0v) is 13.9. The van der Waals surface area contributed by atoms with E-state index in [4.69, 9.17) is 10.9 Å². The molecule has 2 aromatic carbocycles. The number of nitrogens with zero attached hydrogens (tertiary/aromatic N) is 2. The second-order valence-corrected chi connectivity index (χ2v) is 7.46. The Bertz CT molecular complexity index is 1120. The number of benzene rings is 2. The summed E-state index contributed by atoms with van der Waals surface area (Å²) in [6, 6.07) is 11.1. The number of amides is 1. The molecule has 0 fully saturated rings. The Kier molecular flexibility index (Phi) is 3.39. The Morgan fingerprint density at radius 3 is 2.64 bits per heavy atom. The summed E-state index contributed by atoms with van der Waals surface area (Å²) in [6.07, 6.45) is 0. The molecular weight excluding hydrogens is 342 g/mol. The van der Waals surface area contributed by atoms with Gasteiger partial charge in [0.2, 0.25) is 5.91 Å². The number of hydrogen-bond acceptors (Lipinski definition) is 4. The minimum atomic E-state index is -3.81. The molecule has 25 heavy (non-hydrogen) atoms. The molecule has 1 aromatic heterocycles. The van der Waals surface area contributed by atoms with Crippen molar-refractivity contribution in [3.05, 3.63) is 53.2 Å². The molecule has 0 aliphatic carbocycles. The van der Waals surface area contributed by atoms with Crippen LogP contribution in [0.1, 0.15) is 21.6 Å². The minimum Gasteiger partial charge on any atom is -0.366 e. The highest BCUT2D eigenvalue weighted by Crippen LogP contribution is 2.35. The number of aromatic amines is 1. The average molecular weight is 357 g/mol. The number of primary amides is 1. The molecule has 1 aliphatic rings. The van der Waals surface area contributed by atoms with Gasteiger partial charge in [-0.1, -0.05) is 36.4 Å². The first kappa shape index (κ1) is 15.8. The minimum absolute atomic E-state index is 0.102. The lowest BCUT2D eigenvalue weighted by atomic mass is 9.95. The number of fused-ring (bicyclic) bond motifs is 2. The maximum absolute atomic E-state index is 12.1. The molecule has 8 nitrogen and oxygen atoms in total. The van der Waals surface area contributed by atoms with Crippen LogP contribution in [0.2, 0.25) is 0 Å². The van der Waals surface area contributed by atoms with Crippen molar-refractivity contribution < 1.29 is 13.2 Å². The molecule has 3 aromatic rings. The summed E-state index contributed by atoms with van der Waals surface area (Å²) in [5.41, 5.74) is 8.43. The van der Waals surface area contributed by atoms with E-state index in [1.54, 1.807) is 6.07 Å². The Hall–Kier alpha value is -2.75. The number of nitrogens with two attached hydrogens (primary N) is 2. The van der Waals surface area contributed by atoms with Crippen molar-refractivity contribution in [2.45, 2.75) is 13.1 Å². The molecule has 1 amide bonds. The average Bonchev–Trinajstić information content (AvgIpc) is 3.13. The van der Waals surface area contributed by atoms with E-state index in [1.165, 1.54) is 0 Å². The largest absolute Gasteiger partial charge is 0.366 e. The van der Waals surface area contributed by atoms with Gasteiger partial charge in [-0.3, -0.25) is 9.89 Å². The maximum Gasteiger partial charge on any atom is 0.277 e. The van der Waals surface area contributed by atoms with E-state index in [0.29, 0.717) is 28.1 Å². The van der Waals surface area contributed by atoms with Crippen LogP contribution in [0.15, 0.2) is 36.4 Å². The molecule has 0 spiro atoms. The second kappa shape index (κ2) is 5.38. The highest BCUT2D eigenvalue weighted by atomic mass is 32.2. The van der Waals surface area contributed by atoms with Gasteiger partial charge >= 0.3 is 0 Å². The topological polar surface area (TPSA) is 135 Å². The second-order valence-electron chi connectivity index (χ2n) is 5.92. The standard InChI is InChI=1S/C16H15N5O3S/c17-16(22)14-10-4-2-1-3-9(10)5-6-11(14)15-12-7-21(25(18,23)24)8-13(12)19-20-15/h1-6H,7-8H2,(H2,17,22)(H,19,20)(H2,18,23,24). The predicted octanol–water partition coefficient (Wildman–Crippen LogP) is 0.848. The number of carbonyl (C=O) groups is 1. The van der Waals surface area contributed by atoms with Crippen LogP contribution in [0.5, 0.6) is 0 Å². The summed E-state index contributed by atoms with van der Waals surface area (Å²) in [6.45, 7) is 0.228. The molecule has 128 valence electrons. The smallest absolute Gasteiger partial charge is 0.277 e. The van der Waals surface area contributed by atoms with Gasteiger partial charge in [0.05, 0.1) is 23.5 Å². The summed E-state index contributed by atoms with van der Waals surface area (Å²) in [7, 11) is -3.81. The van der Waals surface area contributed by atoms with Gasteiger partial charge in [-0.2, -0.15) is 17.8 Å². The van der Waals surface area contributed by atoms with Crippen LogP contribution in [0.3, 0.4) is 0 Å². The number of carbonyl (C=O) groups excluding carboxylic acids is 1. The Morgan fingerprint density at radius 2 is 1.92 bits per heavy atom. The number of hydrogen-bond donors (Lipinski definition) is 3. The predicted molar refractivity (Wildman–Crippen MR) is 92.4 cm³/mol.